The monoisotopic (exact) mass is 383 g/mol. The van der Waals surface area contributed by atoms with Crippen LogP contribution in [-0.4, -0.2) is 47.0 Å². The summed E-state index contributed by atoms with van der Waals surface area (Å²) in [6.45, 7) is 13.7. The largest absolute Gasteiger partial charge is 0.372 e. The minimum absolute atomic E-state index is 0.0332. The van der Waals surface area contributed by atoms with E-state index >= 15 is 0 Å². The van der Waals surface area contributed by atoms with Gasteiger partial charge in [0.15, 0.2) is 0 Å². The van der Waals surface area contributed by atoms with Gasteiger partial charge in [-0.3, -0.25) is 4.79 Å². The summed E-state index contributed by atoms with van der Waals surface area (Å²) < 4.78 is 0. The maximum absolute atomic E-state index is 12.9. The third-order valence-electron chi connectivity index (χ3n) is 4.60. The minimum atomic E-state index is -0.0332. The zero-order valence-electron chi connectivity index (χ0n) is 17.8. The molecule has 1 aromatic carbocycles. The Morgan fingerprint density at radius 1 is 0.964 bits per heavy atom. The van der Waals surface area contributed by atoms with Crippen molar-refractivity contribution in [1.82, 2.24) is 14.9 Å². The number of carbonyl (C=O) groups excluding carboxylic acids is 1. The van der Waals surface area contributed by atoms with E-state index in [4.69, 9.17) is 0 Å². The zero-order valence-corrected chi connectivity index (χ0v) is 17.8. The topological polar surface area (TPSA) is 61.4 Å². The fraction of sp³-hybridized carbons (Fsp3) is 0.500. The Morgan fingerprint density at radius 3 is 2.11 bits per heavy atom. The first-order chi connectivity index (χ1) is 13.5. The van der Waals surface area contributed by atoms with E-state index in [1.54, 1.807) is 6.07 Å². The smallest absolute Gasteiger partial charge is 0.272 e. The predicted octanol–water partition coefficient (Wildman–Crippen LogP) is 4.64. The molecule has 0 bridgehead atoms. The van der Waals surface area contributed by atoms with Gasteiger partial charge in [-0.2, -0.15) is 0 Å². The summed E-state index contributed by atoms with van der Waals surface area (Å²) in [5.41, 5.74) is 2.57. The molecular weight excluding hydrogens is 350 g/mol. The van der Waals surface area contributed by atoms with Gasteiger partial charge in [0.05, 0.1) is 0 Å². The van der Waals surface area contributed by atoms with E-state index in [0.717, 1.165) is 44.7 Å². The van der Waals surface area contributed by atoms with Crippen molar-refractivity contribution in [2.24, 2.45) is 0 Å². The number of aromatic nitrogens is 2. The molecule has 6 heteroatoms. The predicted molar refractivity (Wildman–Crippen MR) is 117 cm³/mol. The van der Waals surface area contributed by atoms with Gasteiger partial charge < -0.3 is 15.1 Å². The van der Waals surface area contributed by atoms with E-state index in [1.165, 1.54) is 5.69 Å². The van der Waals surface area contributed by atoms with Crippen LogP contribution >= 0.6 is 0 Å². The van der Waals surface area contributed by atoms with E-state index < -0.39 is 0 Å². The van der Waals surface area contributed by atoms with Crippen LogP contribution in [0.5, 0.6) is 0 Å². The van der Waals surface area contributed by atoms with Gasteiger partial charge >= 0.3 is 0 Å². The van der Waals surface area contributed by atoms with Crippen molar-refractivity contribution in [2.75, 3.05) is 36.4 Å². The van der Waals surface area contributed by atoms with Gasteiger partial charge in [-0.1, -0.05) is 13.8 Å². The lowest BCUT2D eigenvalue weighted by atomic mass is 10.2. The summed E-state index contributed by atoms with van der Waals surface area (Å²) in [6, 6.07) is 10.0. The molecule has 2 rings (SSSR count). The SMILES string of the molecule is CCCN(CCC)C(=O)c1cc(Nc2ccc(N(CC)CC)cc2)nc(C)n1. The second-order valence-electron chi connectivity index (χ2n) is 6.82. The Kier molecular flexibility index (Phi) is 8.23. The molecule has 0 aliphatic rings. The minimum Gasteiger partial charge on any atom is -0.372 e. The quantitative estimate of drug-likeness (QED) is 0.648. The van der Waals surface area contributed by atoms with Crippen molar-refractivity contribution in [3.8, 4) is 0 Å². The molecule has 1 amide bonds. The molecule has 28 heavy (non-hydrogen) atoms. The summed E-state index contributed by atoms with van der Waals surface area (Å²) in [6.07, 6.45) is 1.86. The maximum Gasteiger partial charge on any atom is 0.272 e. The number of anilines is 3. The standard InChI is InChI=1S/C22H33N5O/c1-6-14-27(15-7-2)22(28)20-16-21(24-17(5)23-20)25-18-10-12-19(13-11-18)26(8-3)9-4/h10-13,16H,6-9,14-15H2,1-5H3,(H,23,24,25). The van der Waals surface area contributed by atoms with Crippen LogP contribution in [0.3, 0.4) is 0 Å². The van der Waals surface area contributed by atoms with Crippen LogP contribution in [0.4, 0.5) is 17.2 Å². The summed E-state index contributed by atoms with van der Waals surface area (Å²) in [5.74, 6) is 1.19. The number of aryl methyl sites for hydroxylation is 1. The average molecular weight is 384 g/mol. The Labute approximate surface area is 169 Å². The highest BCUT2D eigenvalue weighted by atomic mass is 16.2. The number of amides is 1. The van der Waals surface area contributed by atoms with Crippen molar-refractivity contribution in [3.05, 3.63) is 41.9 Å². The van der Waals surface area contributed by atoms with Crippen LogP contribution < -0.4 is 10.2 Å². The van der Waals surface area contributed by atoms with Crippen molar-refractivity contribution in [3.63, 3.8) is 0 Å². The van der Waals surface area contributed by atoms with Gasteiger partial charge in [-0.05, 0) is 57.9 Å². The highest BCUT2D eigenvalue weighted by Gasteiger charge is 2.17. The van der Waals surface area contributed by atoms with Gasteiger partial charge in [-0.15, -0.1) is 0 Å². The highest BCUT2D eigenvalue weighted by Crippen LogP contribution is 2.21. The van der Waals surface area contributed by atoms with Crippen LogP contribution in [0.15, 0.2) is 30.3 Å². The maximum atomic E-state index is 12.9. The Bertz CT molecular complexity index is 750. The summed E-state index contributed by atoms with van der Waals surface area (Å²) in [7, 11) is 0. The molecule has 0 fully saturated rings. The molecule has 0 saturated heterocycles. The zero-order chi connectivity index (χ0) is 20.5. The van der Waals surface area contributed by atoms with Gasteiger partial charge in [0.25, 0.3) is 5.91 Å². The first-order valence-corrected chi connectivity index (χ1v) is 10.3. The molecule has 0 aliphatic heterocycles. The lowest BCUT2D eigenvalue weighted by Gasteiger charge is -2.22. The third-order valence-corrected chi connectivity index (χ3v) is 4.60. The molecule has 1 heterocycles. The number of benzene rings is 1. The molecule has 1 aromatic heterocycles. The molecule has 0 saturated carbocycles. The lowest BCUT2D eigenvalue weighted by Crippen LogP contribution is -2.33. The number of nitrogens with one attached hydrogen (secondary N) is 1. The van der Waals surface area contributed by atoms with E-state index in [0.29, 0.717) is 17.3 Å². The molecule has 2 aromatic rings. The Balaban J connectivity index is 2.19. The molecule has 0 atom stereocenters. The molecule has 0 radical (unpaired) electrons. The highest BCUT2D eigenvalue weighted by molar-refractivity contribution is 5.93. The number of hydrogen-bond donors (Lipinski definition) is 1. The van der Waals surface area contributed by atoms with Gasteiger partial charge in [0, 0.05) is 43.6 Å². The van der Waals surface area contributed by atoms with E-state index in [2.05, 4.69) is 60.0 Å². The van der Waals surface area contributed by atoms with Crippen LogP contribution in [0.2, 0.25) is 0 Å². The molecule has 0 aliphatic carbocycles. The van der Waals surface area contributed by atoms with E-state index in [-0.39, 0.29) is 5.91 Å². The fourth-order valence-electron chi connectivity index (χ4n) is 3.25. The van der Waals surface area contributed by atoms with Crippen molar-refractivity contribution < 1.29 is 4.79 Å². The average Bonchev–Trinajstić information content (AvgIpc) is 2.69. The molecule has 6 nitrogen and oxygen atoms in total. The summed E-state index contributed by atoms with van der Waals surface area (Å²) >= 11 is 0. The first kappa shape index (κ1) is 21.7. The normalized spacial score (nSPS) is 10.6. The molecule has 0 spiro atoms. The molecule has 152 valence electrons. The first-order valence-electron chi connectivity index (χ1n) is 10.3. The van der Waals surface area contributed by atoms with Crippen molar-refractivity contribution in [2.45, 2.75) is 47.5 Å². The van der Waals surface area contributed by atoms with Crippen molar-refractivity contribution in [1.29, 1.82) is 0 Å². The Morgan fingerprint density at radius 2 is 1.57 bits per heavy atom. The molecule has 0 unspecified atom stereocenters. The van der Waals surface area contributed by atoms with E-state index in [1.807, 2.05) is 24.0 Å². The fourth-order valence-corrected chi connectivity index (χ4v) is 3.25. The van der Waals surface area contributed by atoms with Crippen LogP contribution in [0, 0.1) is 6.92 Å². The van der Waals surface area contributed by atoms with Gasteiger partial charge in [0.2, 0.25) is 0 Å². The molecular formula is C22H33N5O. The van der Waals surface area contributed by atoms with E-state index in [9.17, 15) is 4.79 Å². The Hall–Kier alpha value is -2.63. The van der Waals surface area contributed by atoms with Gasteiger partial charge in [-0.25, -0.2) is 9.97 Å². The second-order valence-corrected chi connectivity index (χ2v) is 6.82. The summed E-state index contributed by atoms with van der Waals surface area (Å²) in [5, 5.41) is 3.30. The molecule has 1 N–H and O–H groups in total. The summed E-state index contributed by atoms with van der Waals surface area (Å²) in [4.78, 5) is 25.9. The van der Waals surface area contributed by atoms with Crippen LogP contribution in [0.1, 0.15) is 56.8 Å². The van der Waals surface area contributed by atoms with Crippen molar-refractivity contribution >= 4 is 23.1 Å². The number of hydrogen-bond acceptors (Lipinski definition) is 5. The second kappa shape index (κ2) is 10.6. The number of nitrogens with zero attached hydrogens (tertiary/aromatic N) is 4. The van der Waals surface area contributed by atoms with Gasteiger partial charge in [0.1, 0.15) is 17.3 Å². The van der Waals surface area contributed by atoms with Crippen LogP contribution in [0.25, 0.3) is 0 Å². The third kappa shape index (κ3) is 5.68. The number of rotatable bonds is 10. The van der Waals surface area contributed by atoms with Crippen LogP contribution in [-0.2, 0) is 0 Å². The lowest BCUT2D eigenvalue weighted by molar-refractivity contribution is 0.0749. The number of carbonyl (C=O) groups is 1.